The van der Waals surface area contributed by atoms with Crippen LogP contribution in [0.4, 0.5) is 0 Å². The van der Waals surface area contributed by atoms with E-state index in [1.807, 2.05) is 0 Å². The summed E-state index contributed by atoms with van der Waals surface area (Å²) in [6, 6.07) is 0. The topological polar surface area (TPSA) is 66.8 Å². The average molecular weight is 293 g/mol. The highest BCUT2D eigenvalue weighted by atomic mass is 16.5. The third kappa shape index (κ3) is 2.88. The van der Waals surface area contributed by atoms with Gasteiger partial charge in [-0.15, -0.1) is 13.2 Å². The van der Waals surface area contributed by atoms with Crippen LogP contribution < -0.4 is 0 Å². The first kappa shape index (κ1) is 15.8. The zero-order valence-corrected chi connectivity index (χ0v) is 12.3. The number of amides is 1. The van der Waals surface area contributed by atoms with Crippen molar-refractivity contribution in [1.29, 1.82) is 0 Å². The molecule has 1 N–H and O–H groups in total. The van der Waals surface area contributed by atoms with E-state index >= 15 is 0 Å². The van der Waals surface area contributed by atoms with E-state index in [-0.39, 0.29) is 17.7 Å². The number of fused-ring (bicyclic) bond motifs is 1. The van der Waals surface area contributed by atoms with E-state index in [1.165, 1.54) is 0 Å². The Morgan fingerprint density at radius 1 is 1.38 bits per heavy atom. The Balaban J connectivity index is 2.15. The van der Waals surface area contributed by atoms with Gasteiger partial charge in [0, 0.05) is 31.5 Å². The van der Waals surface area contributed by atoms with Crippen molar-refractivity contribution < 1.29 is 19.4 Å². The number of carboxylic acids is 1. The molecular weight excluding hydrogens is 270 g/mol. The quantitative estimate of drug-likeness (QED) is 0.757. The number of carbonyl (C=O) groups excluding carboxylic acids is 1. The number of ether oxygens (including phenoxy) is 1. The largest absolute Gasteiger partial charge is 0.481 e. The lowest BCUT2D eigenvalue weighted by Crippen LogP contribution is -2.45. The molecule has 0 spiro atoms. The lowest BCUT2D eigenvalue weighted by molar-refractivity contribution is -0.157. The highest BCUT2D eigenvalue weighted by molar-refractivity contribution is 5.83. The molecule has 2 rings (SSSR count). The lowest BCUT2D eigenvalue weighted by atomic mass is 9.74. The summed E-state index contributed by atoms with van der Waals surface area (Å²) in [7, 11) is 0. The highest BCUT2D eigenvalue weighted by Gasteiger charge is 2.55. The first-order valence-electron chi connectivity index (χ1n) is 7.37. The van der Waals surface area contributed by atoms with Crippen LogP contribution >= 0.6 is 0 Å². The molecule has 0 aliphatic carbocycles. The maximum absolute atomic E-state index is 12.6. The molecule has 0 radical (unpaired) electrons. The van der Waals surface area contributed by atoms with Gasteiger partial charge in [0.1, 0.15) is 0 Å². The summed E-state index contributed by atoms with van der Waals surface area (Å²) < 4.78 is 5.41. The molecule has 0 unspecified atom stereocenters. The van der Waals surface area contributed by atoms with E-state index in [1.54, 1.807) is 17.1 Å². The molecule has 0 saturated carbocycles. The van der Waals surface area contributed by atoms with Crippen molar-refractivity contribution >= 4 is 11.9 Å². The Bertz CT molecular complexity index is 438. The number of hydrogen-bond acceptors (Lipinski definition) is 3. The molecule has 2 aliphatic rings. The van der Waals surface area contributed by atoms with Gasteiger partial charge in [-0.25, -0.2) is 0 Å². The van der Waals surface area contributed by atoms with Crippen molar-refractivity contribution in [3.05, 3.63) is 25.3 Å². The van der Waals surface area contributed by atoms with Gasteiger partial charge in [-0.3, -0.25) is 9.59 Å². The van der Waals surface area contributed by atoms with Crippen molar-refractivity contribution in [3.63, 3.8) is 0 Å². The molecule has 2 saturated heterocycles. The molecule has 1 amide bonds. The Hall–Kier alpha value is -1.62. The fourth-order valence-corrected chi connectivity index (χ4v) is 3.43. The molecule has 2 aliphatic heterocycles. The number of allylic oxidation sites excluding steroid dienone is 2. The summed E-state index contributed by atoms with van der Waals surface area (Å²) in [6.45, 7) is 9.01. The average Bonchev–Trinajstić information content (AvgIpc) is 2.87. The van der Waals surface area contributed by atoms with Gasteiger partial charge in [0.05, 0.1) is 12.0 Å². The smallest absolute Gasteiger partial charge is 0.311 e. The van der Waals surface area contributed by atoms with Crippen LogP contribution in [0.1, 0.15) is 19.3 Å². The second kappa shape index (κ2) is 6.43. The summed E-state index contributed by atoms with van der Waals surface area (Å²) in [5.41, 5.74) is -0.833. The molecule has 0 bridgehead atoms. The first-order valence-corrected chi connectivity index (χ1v) is 7.37. The third-order valence-corrected chi connectivity index (χ3v) is 4.70. The molecular formula is C16H23NO4. The zero-order valence-electron chi connectivity index (χ0n) is 12.3. The maximum atomic E-state index is 12.6. The predicted molar refractivity (Wildman–Crippen MR) is 78.7 cm³/mol. The van der Waals surface area contributed by atoms with E-state index in [0.717, 1.165) is 0 Å². The van der Waals surface area contributed by atoms with Gasteiger partial charge in [0.15, 0.2) is 0 Å². The predicted octanol–water partition coefficient (Wildman–Crippen LogP) is 1.70. The third-order valence-electron chi connectivity index (χ3n) is 4.70. The van der Waals surface area contributed by atoms with Gasteiger partial charge >= 0.3 is 5.97 Å². The number of nitrogens with zero attached hydrogens (tertiary/aromatic N) is 1. The van der Waals surface area contributed by atoms with Crippen LogP contribution in [0.2, 0.25) is 0 Å². The van der Waals surface area contributed by atoms with Crippen LogP contribution in [0.3, 0.4) is 0 Å². The van der Waals surface area contributed by atoms with E-state index in [9.17, 15) is 14.7 Å². The number of carbonyl (C=O) groups is 2. The number of likely N-dealkylation sites (tertiary alicyclic amines) is 1. The van der Waals surface area contributed by atoms with E-state index in [2.05, 4.69) is 13.2 Å². The summed E-state index contributed by atoms with van der Waals surface area (Å²) in [5.74, 6) is -1.10. The fourth-order valence-electron chi connectivity index (χ4n) is 3.43. The van der Waals surface area contributed by atoms with Crippen LogP contribution in [0.5, 0.6) is 0 Å². The van der Waals surface area contributed by atoms with Crippen molar-refractivity contribution in [2.24, 2.45) is 17.3 Å². The lowest BCUT2D eigenvalue weighted by Gasteiger charge is -2.33. The van der Waals surface area contributed by atoms with E-state index in [4.69, 9.17) is 4.74 Å². The molecule has 116 valence electrons. The zero-order chi connectivity index (χ0) is 15.5. The molecule has 0 aromatic rings. The van der Waals surface area contributed by atoms with Crippen molar-refractivity contribution in [2.75, 3.05) is 26.3 Å². The van der Waals surface area contributed by atoms with Crippen molar-refractivity contribution in [2.45, 2.75) is 19.3 Å². The van der Waals surface area contributed by atoms with Crippen LogP contribution in [-0.2, 0) is 14.3 Å². The minimum atomic E-state index is -0.833. The second-order valence-corrected chi connectivity index (χ2v) is 5.95. The number of carboxylic acid groups (broad SMARTS) is 1. The summed E-state index contributed by atoms with van der Waals surface area (Å²) in [4.78, 5) is 26.1. The molecule has 2 atom stereocenters. The van der Waals surface area contributed by atoms with E-state index < -0.39 is 11.4 Å². The van der Waals surface area contributed by atoms with Crippen molar-refractivity contribution in [3.8, 4) is 0 Å². The summed E-state index contributed by atoms with van der Waals surface area (Å²) in [6.07, 6.45) is 5.10. The Kier molecular flexibility index (Phi) is 4.83. The summed E-state index contributed by atoms with van der Waals surface area (Å²) in [5, 5.41) is 9.62. The molecule has 0 aromatic heterocycles. The van der Waals surface area contributed by atoms with Crippen LogP contribution in [0.25, 0.3) is 0 Å². The SMILES string of the molecule is C=CCC(CC=C)C(=O)N1C[C@H]2COCC[C@@]2(C(=O)O)C1. The number of rotatable bonds is 6. The van der Waals surface area contributed by atoms with E-state index in [0.29, 0.717) is 45.6 Å². The van der Waals surface area contributed by atoms with Crippen LogP contribution in [0, 0.1) is 17.3 Å². The minimum absolute atomic E-state index is 0.00447. The Morgan fingerprint density at radius 3 is 2.57 bits per heavy atom. The second-order valence-electron chi connectivity index (χ2n) is 5.95. The normalized spacial score (nSPS) is 28.2. The first-order chi connectivity index (χ1) is 10.0. The number of hydrogen-bond donors (Lipinski definition) is 1. The monoisotopic (exact) mass is 293 g/mol. The van der Waals surface area contributed by atoms with Gasteiger partial charge in [-0.2, -0.15) is 0 Å². The fraction of sp³-hybridized carbons (Fsp3) is 0.625. The van der Waals surface area contributed by atoms with Gasteiger partial charge in [0.25, 0.3) is 0 Å². The van der Waals surface area contributed by atoms with Gasteiger partial charge < -0.3 is 14.7 Å². The molecule has 5 heteroatoms. The molecule has 21 heavy (non-hydrogen) atoms. The Morgan fingerprint density at radius 2 is 2.05 bits per heavy atom. The number of aliphatic carboxylic acids is 1. The molecule has 0 aromatic carbocycles. The summed E-state index contributed by atoms with van der Waals surface area (Å²) >= 11 is 0. The van der Waals surface area contributed by atoms with Crippen molar-refractivity contribution in [1.82, 2.24) is 4.90 Å². The van der Waals surface area contributed by atoms with Gasteiger partial charge in [-0.1, -0.05) is 12.2 Å². The van der Waals surface area contributed by atoms with Crippen LogP contribution in [0.15, 0.2) is 25.3 Å². The molecule has 5 nitrogen and oxygen atoms in total. The standard InChI is InChI=1S/C16H23NO4/c1-3-5-12(6-4-2)14(18)17-9-13-10-21-8-7-16(13,11-17)15(19)20/h3-4,12-13H,1-2,5-11H2,(H,19,20)/t13-,16+/m0/s1. The molecule has 2 fully saturated rings. The van der Waals surface area contributed by atoms with Crippen LogP contribution in [-0.4, -0.2) is 48.2 Å². The Labute approximate surface area is 125 Å². The highest BCUT2D eigenvalue weighted by Crippen LogP contribution is 2.43. The van der Waals surface area contributed by atoms with Gasteiger partial charge in [-0.05, 0) is 19.3 Å². The van der Waals surface area contributed by atoms with Gasteiger partial charge in [0.2, 0.25) is 5.91 Å². The molecule has 2 heterocycles. The maximum Gasteiger partial charge on any atom is 0.311 e. The minimum Gasteiger partial charge on any atom is -0.481 e.